The Bertz CT molecular complexity index is 346. The van der Waals surface area contributed by atoms with E-state index in [1.807, 2.05) is 12.4 Å². The van der Waals surface area contributed by atoms with Crippen LogP contribution in [0.3, 0.4) is 0 Å². The first kappa shape index (κ1) is 16.9. The number of rotatable bonds is 7. The number of thioether (sulfide) groups is 2. The van der Waals surface area contributed by atoms with Crippen LogP contribution < -0.4 is 0 Å². The molecule has 2 unspecified atom stereocenters. The van der Waals surface area contributed by atoms with Crippen LogP contribution in [-0.4, -0.2) is 14.3 Å². The minimum atomic E-state index is 0.337. The Balaban J connectivity index is 2.60. The summed E-state index contributed by atoms with van der Waals surface area (Å²) in [6.45, 7) is 11.5. The predicted molar refractivity (Wildman–Crippen MR) is 90.9 cm³/mol. The lowest BCUT2D eigenvalue weighted by atomic mass is 10.2. The van der Waals surface area contributed by atoms with Gasteiger partial charge in [-0.15, -0.1) is 23.5 Å². The molecule has 19 heavy (non-hydrogen) atoms. The number of unbranched alkanes of at least 4 members (excludes halogenated alkanes) is 1. The quantitative estimate of drug-likeness (QED) is 0.579. The molecule has 3 heteroatoms. The Labute approximate surface area is 127 Å². The third-order valence-corrected chi connectivity index (χ3v) is 5.86. The molecule has 0 saturated heterocycles. The zero-order chi connectivity index (χ0) is 14.3. The third-order valence-electron chi connectivity index (χ3n) is 2.81. The molecule has 108 valence electrons. The van der Waals surface area contributed by atoms with Crippen molar-refractivity contribution in [1.29, 1.82) is 0 Å². The van der Waals surface area contributed by atoms with Crippen LogP contribution in [-0.2, 0) is 0 Å². The molecular weight excluding hydrogens is 270 g/mol. The van der Waals surface area contributed by atoms with Crippen molar-refractivity contribution in [2.24, 2.45) is 0 Å². The second kappa shape index (κ2) is 8.21. The largest absolute Gasteiger partial charge is 0.265 e. The normalized spacial score (nSPS) is 15.2. The van der Waals surface area contributed by atoms with Crippen LogP contribution in [0.25, 0.3) is 0 Å². The van der Waals surface area contributed by atoms with Crippen molar-refractivity contribution in [3.05, 3.63) is 30.1 Å². The van der Waals surface area contributed by atoms with Gasteiger partial charge in [-0.3, -0.25) is 4.98 Å². The maximum atomic E-state index is 4.10. The number of aromatic nitrogens is 1. The van der Waals surface area contributed by atoms with E-state index in [-0.39, 0.29) is 0 Å². The summed E-state index contributed by atoms with van der Waals surface area (Å²) in [4.78, 5) is 4.10. The van der Waals surface area contributed by atoms with Gasteiger partial charge in [-0.05, 0) is 31.0 Å². The van der Waals surface area contributed by atoms with Crippen molar-refractivity contribution in [2.45, 2.75) is 68.5 Å². The Morgan fingerprint density at radius 2 is 1.84 bits per heavy atom. The minimum Gasteiger partial charge on any atom is -0.265 e. The molecule has 1 nitrogen and oxygen atoms in total. The van der Waals surface area contributed by atoms with Crippen LogP contribution in [0.1, 0.15) is 64.7 Å². The first-order valence-corrected chi connectivity index (χ1v) is 8.98. The highest BCUT2D eigenvalue weighted by atomic mass is 32.2. The van der Waals surface area contributed by atoms with E-state index < -0.39 is 0 Å². The average molecular weight is 298 g/mol. The molecule has 0 bridgehead atoms. The Morgan fingerprint density at radius 3 is 2.37 bits per heavy atom. The summed E-state index contributed by atoms with van der Waals surface area (Å²) >= 11 is 4.21. The highest BCUT2D eigenvalue weighted by Crippen LogP contribution is 2.43. The lowest BCUT2D eigenvalue weighted by molar-refractivity contribution is 0.746. The summed E-state index contributed by atoms with van der Waals surface area (Å²) in [6.07, 6.45) is 7.70. The van der Waals surface area contributed by atoms with Gasteiger partial charge >= 0.3 is 0 Å². The number of pyridine rings is 1. The van der Waals surface area contributed by atoms with Gasteiger partial charge in [-0.2, -0.15) is 0 Å². The van der Waals surface area contributed by atoms with Gasteiger partial charge in [0.2, 0.25) is 0 Å². The third kappa shape index (κ3) is 7.26. The SMILES string of the molecule is CCCCC(SC(C)c1ccncc1)SC(C)(C)C. The molecule has 0 amide bonds. The zero-order valence-corrected chi connectivity index (χ0v) is 14.5. The van der Waals surface area contributed by atoms with Crippen LogP contribution in [0.5, 0.6) is 0 Å². The van der Waals surface area contributed by atoms with Crippen LogP contribution in [0.15, 0.2) is 24.5 Å². The van der Waals surface area contributed by atoms with Gasteiger partial charge in [0.05, 0.1) is 4.58 Å². The molecule has 1 aromatic rings. The summed E-state index contributed by atoms with van der Waals surface area (Å²) in [7, 11) is 0. The van der Waals surface area contributed by atoms with Gasteiger partial charge in [-0.25, -0.2) is 0 Å². The lowest BCUT2D eigenvalue weighted by Gasteiger charge is -2.27. The highest BCUT2D eigenvalue weighted by molar-refractivity contribution is 8.17. The predicted octanol–water partition coefficient (Wildman–Crippen LogP) is 5.92. The van der Waals surface area contributed by atoms with Gasteiger partial charge in [0.1, 0.15) is 0 Å². The van der Waals surface area contributed by atoms with E-state index in [1.54, 1.807) is 0 Å². The molecule has 0 spiro atoms. The summed E-state index contributed by atoms with van der Waals surface area (Å²) in [5.74, 6) is 0. The van der Waals surface area contributed by atoms with E-state index in [4.69, 9.17) is 0 Å². The minimum absolute atomic E-state index is 0.337. The summed E-state index contributed by atoms with van der Waals surface area (Å²) in [6, 6.07) is 4.27. The van der Waals surface area contributed by atoms with Crippen molar-refractivity contribution >= 4 is 23.5 Å². The van der Waals surface area contributed by atoms with Crippen molar-refractivity contribution < 1.29 is 0 Å². The van der Waals surface area contributed by atoms with Crippen molar-refractivity contribution in [1.82, 2.24) is 4.98 Å². The van der Waals surface area contributed by atoms with E-state index >= 15 is 0 Å². The van der Waals surface area contributed by atoms with Crippen molar-refractivity contribution in [2.75, 3.05) is 0 Å². The lowest BCUT2D eigenvalue weighted by Crippen LogP contribution is -2.14. The average Bonchev–Trinajstić information content (AvgIpc) is 2.35. The molecule has 0 aliphatic carbocycles. The van der Waals surface area contributed by atoms with Crippen LogP contribution in [0.4, 0.5) is 0 Å². The molecule has 0 saturated carbocycles. The molecular formula is C16H27NS2. The highest BCUT2D eigenvalue weighted by Gasteiger charge is 2.21. The van der Waals surface area contributed by atoms with E-state index in [0.717, 1.165) is 0 Å². The van der Waals surface area contributed by atoms with Gasteiger partial charge in [-0.1, -0.05) is 40.5 Å². The number of hydrogen-bond acceptors (Lipinski definition) is 3. The van der Waals surface area contributed by atoms with E-state index in [0.29, 0.717) is 14.6 Å². The summed E-state index contributed by atoms with van der Waals surface area (Å²) in [5, 5.41) is 0.541. The van der Waals surface area contributed by atoms with Crippen LogP contribution >= 0.6 is 23.5 Å². The zero-order valence-electron chi connectivity index (χ0n) is 12.8. The van der Waals surface area contributed by atoms with Gasteiger partial charge in [0.15, 0.2) is 0 Å². The standard InChI is InChI=1S/C16H27NS2/c1-6-7-8-15(19-16(3,4)5)18-13(2)14-9-11-17-12-10-14/h9-13,15H,6-8H2,1-5H3. The molecule has 1 aromatic heterocycles. The maximum Gasteiger partial charge on any atom is 0.0513 e. The maximum absolute atomic E-state index is 4.10. The topological polar surface area (TPSA) is 12.9 Å². The van der Waals surface area contributed by atoms with Gasteiger partial charge in [0.25, 0.3) is 0 Å². The van der Waals surface area contributed by atoms with Gasteiger partial charge in [0, 0.05) is 22.4 Å². The number of nitrogens with zero attached hydrogens (tertiary/aromatic N) is 1. The Kier molecular flexibility index (Phi) is 7.30. The number of hydrogen-bond donors (Lipinski definition) is 0. The molecule has 1 heterocycles. The first-order chi connectivity index (χ1) is 8.92. The van der Waals surface area contributed by atoms with Gasteiger partial charge < -0.3 is 0 Å². The molecule has 0 aliphatic rings. The molecule has 0 fully saturated rings. The Hall–Kier alpha value is -0.150. The first-order valence-electron chi connectivity index (χ1n) is 7.15. The van der Waals surface area contributed by atoms with Crippen molar-refractivity contribution in [3.63, 3.8) is 0 Å². The fourth-order valence-electron chi connectivity index (χ4n) is 1.86. The molecule has 0 aromatic carbocycles. The Morgan fingerprint density at radius 1 is 1.21 bits per heavy atom. The van der Waals surface area contributed by atoms with Crippen molar-refractivity contribution in [3.8, 4) is 0 Å². The fourth-order valence-corrected chi connectivity index (χ4v) is 5.59. The molecule has 2 atom stereocenters. The molecule has 0 radical (unpaired) electrons. The smallest absolute Gasteiger partial charge is 0.0513 e. The van der Waals surface area contributed by atoms with Crippen LogP contribution in [0, 0.1) is 0 Å². The monoisotopic (exact) mass is 297 g/mol. The summed E-state index contributed by atoms with van der Waals surface area (Å²) < 4.78 is 1.02. The molecule has 0 aliphatic heterocycles. The molecule has 0 N–H and O–H groups in total. The molecule has 1 rings (SSSR count). The summed E-state index contributed by atoms with van der Waals surface area (Å²) in [5.41, 5.74) is 1.39. The van der Waals surface area contributed by atoms with E-state index in [9.17, 15) is 0 Å². The second-order valence-electron chi connectivity index (χ2n) is 5.86. The van der Waals surface area contributed by atoms with Crippen LogP contribution in [0.2, 0.25) is 0 Å². The fraction of sp³-hybridized carbons (Fsp3) is 0.688. The van der Waals surface area contributed by atoms with E-state index in [2.05, 4.69) is 75.3 Å². The second-order valence-corrected chi connectivity index (χ2v) is 9.74. The van der Waals surface area contributed by atoms with E-state index in [1.165, 1.54) is 24.8 Å².